The van der Waals surface area contributed by atoms with Crippen LogP contribution in [0.2, 0.25) is 0 Å². The van der Waals surface area contributed by atoms with Crippen molar-refractivity contribution in [3.8, 4) is 11.3 Å². The van der Waals surface area contributed by atoms with E-state index in [1.54, 1.807) is 36.4 Å². The number of carbonyl (C=O) groups excluding carboxylic acids is 4. The van der Waals surface area contributed by atoms with Crippen LogP contribution in [0.25, 0.3) is 17.4 Å². The SMILES string of the molecule is COC(=O)c1ccc(-c2ccc(C=C3SC(=S)N(N4C(=O)c5ccc([N+](=O)[O-])cc5C4=O)C3=O)o2)cc1. The van der Waals surface area contributed by atoms with Gasteiger partial charge in [-0.2, -0.15) is 10.0 Å². The Balaban J connectivity index is 1.38. The number of ether oxygens (including phenoxy) is 1. The fourth-order valence-corrected chi connectivity index (χ4v) is 4.97. The fourth-order valence-electron chi connectivity index (χ4n) is 3.75. The van der Waals surface area contributed by atoms with Gasteiger partial charge in [-0.05, 0) is 42.5 Å². The first-order valence-electron chi connectivity index (χ1n) is 10.4. The van der Waals surface area contributed by atoms with Gasteiger partial charge < -0.3 is 9.15 Å². The van der Waals surface area contributed by atoms with Gasteiger partial charge in [0, 0.05) is 23.8 Å². The van der Waals surface area contributed by atoms with Gasteiger partial charge in [0.15, 0.2) is 4.32 Å². The summed E-state index contributed by atoms with van der Waals surface area (Å²) >= 11 is 6.13. The summed E-state index contributed by atoms with van der Waals surface area (Å²) in [6.45, 7) is 0. The van der Waals surface area contributed by atoms with Gasteiger partial charge in [0.1, 0.15) is 11.5 Å². The van der Waals surface area contributed by atoms with Crippen LogP contribution in [0.3, 0.4) is 0 Å². The lowest BCUT2D eigenvalue weighted by Gasteiger charge is -2.23. The number of nitro benzene ring substituents is 1. The van der Waals surface area contributed by atoms with Crippen molar-refractivity contribution in [2.24, 2.45) is 0 Å². The topological polar surface area (TPSA) is 140 Å². The molecule has 0 unspecified atom stereocenters. The Labute approximate surface area is 217 Å². The van der Waals surface area contributed by atoms with E-state index in [2.05, 4.69) is 4.74 Å². The lowest BCUT2D eigenvalue weighted by molar-refractivity contribution is -0.384. The number of amides is 3. The van der Waals surface area contributed by atoms with Crippen molar-refractivity contribution < 1.29 is 33.3 Å². The number of thioether (sulfide) groups is 1. The highest BCUT2D eigenvalue weighted by Gasteiger charge is 2.47. The summed E-state index contributed by atoms with van der Waals surface area (Å²) in [7, 11) is 1.29. The zero-order chi connectivity index (χ0) is 26.4. The molecular formula is C24H13N3O8S2. The van der Waals surface area contributed by atoms with Crippen LogP contribution in [0.15, 0.2) is 63.9 Å². The predicted octanol–water partition coefficient (Wildman–Crippen LogP) is 4.05. The molecule has 1 aromatic heterocycles. The number of fused-ring (bicyclic) bond motifs is 1. The number of furan rings is 1. The van der Waals surface area contributed by atoms with Gasteiger partial charge in [0.2, 0.25) is 0 Å². The van der Waals surface area contributed by atoms with E-state index in [0.717, 1.165) is 28.9 Å². The van der Waals surface area contributed by atoms with Crippen LogP contribution in [-0.2, 0) is 9.53 Å². The summed E-state index contributed by atoms with van der Waals surface area (Å²) in [5, 5.41) is 12.4. The number of imide groups is 1. The maximum absolute atomic E-state index is 13.1. The highest BCUT2D eigenvalue weighted by Crippen LogP contribution is 2.38. The second-order valence-corrected chi connectivity index (χ2v) is 9.35. The van der Waals surface area contributed by atoms with Crippen LogP contribution in [0, 0.1) is 10.1 Å². The largest absolute Gasteiger partial charge is 0.465 e. The zero-order valence-electron chi connectivity index (χ0n) is 18.7. The lowest BCUT2D eigenvalue weighted by atomic mass is 10.1. The quantitative estimate of drug-likeness (QED) is 0.117. The lowest BCUT2D eigenvalue weighted by Crippen LogP contribution is -2.48. The Hall–Kier alpha value is -4.62. The molecule has 1 fully saturated rings. The first-order valence-corrected chi connectivity index (χ1v) is 11.7. The first-order chi connectivity index (χ1) is 17.7. The Morgan fingerprint density at radius 2 is 1.70 bits per heavy atom. The summed E-state index contributed by atoms with van der Waals surface area (Å²) in [6, 6.07) is 13.1. The number of hydrogen-bond acceptors (Lipinski definition) is 10. The molecule has 3 aromatic rings. The molecule has 0 radical (unpaired) electrons. The van der Waals surface area contributed by atoms with Crippen LogP contribution >= 0.6 is 24.0 Å². The molecule has 5 rings (SSSR count). The monoisotopic (exact) mass is 535 g/mol. The predicted molar refractivity (Wildman–Crippen MR) is 134 cm³/mol. The summed E-state index contributed by atoms with van der Waals surface area (Å²) in [5.74, 6) is -2.12. The molecule has 13 heteroatoms. The summed E-state index contributed by atoms with van der Waals surface area (Å²) in [4.78, 5) is 61.0. The number of non-ortho nitro benzene ring substituents is 1. The first kappa shape index (κ1) is 24.1. The summed E-state index contributed by atoms with van der Waals surface area (Å²) in [5.41, 5.74) is 0.443. The second kappa shape index (κ2) is 9.11. The van der Waals surface area contributed by atoms with E-state index >= 15 is 0 Å². The molecule has 0 N–H and O–H groups in total. The molecule has 2 aliphatic rings. The van der Waals surface area contributed by atoms with Crippen LogP contribution in [0.4, 0.5) is 5.69 Å². The number of hydrazine groups is 1. The molecular weight excluding hydrogens is 522 g/mol. The number of hydrogen-bond donors (Lipinski definition) is 0. The molecule has 0 atom stereocenters. The molecule has 11 nitrogen and oxygen atoms in total. The number of benzene rings is 2. The van der Waals surface area contributed by atoms with Crippen LogP contribution in [0.5, 0.6) is 0 Å². The zero-order valence-corrected chi connectivity index (χ0v) is 20.3. The van der Waals surface area contributed by atoms with Crippen LogP contribution < -0.4 is 0 Å². The average molecular weight is 536 g/mol. The molecule has 2 aromatic carbocycles. The van der Waals surface area contributed by atoms with Gasteiger partial charge in [-0.25, -0.2) is 4.79 Å². The number of thiocarbonyl (C=S) groups is 1. The Kier molecular flexibility index (Phi) is 5.93. The molecule has 184 valence electrons. The highest BCUT2D eigenvalue weighted by atomic mass is 32.2. The van der Waals surface area contributed by atoms with Gasteiger partial charge in [-0.3, -0.25) is 24.5 Å². The third-order valence-electron chi connectivity index (χ3n) is 5.52. The maximum atomic E-state index is 13.1. The summed E-state index contributed by atoms with van der Waals surface area (Å²) in [6.07, 6.45) is 1.43. The normalized spacial score (nSPS) is 16.1. The summed E-state index contributed by atoms with van der Waals surface area (Å²) < 4.78 is 10.4. The minimum atomic E-state index is -0.892. The number of methoxy groups -OCH3 is 1. The molecule has 2 aliphatic heterocycles. The second-order valence-electron chi connectivity index (χ2n) is 7.67. The molecule has 0 bridgehead atoms. The van der Waals surface area contributed by atoms with Crippen molar-refractivity contribution in [2.45, 2.75) is 0 Å². The van der Waals surface area contributed by atoms with Gasteiger partial charge in [-0.1, -0.05) is 23.9 Å². The van der Waals surface area contributed by atoms with Crippen molar-refractivity contribution in [1.29, 1.82) is 0 Å². The Bertz CT molecular complexity index is 1570. The van der Waals surface area contributed by atoms with E-state index in [9.17, 15) is 29.3 Å². The van der Waals surface area contributed by atoms with Gasteiger partial charge in [0.05, 0.1) is 33.6 Å². The van der Waals surface area contributed by atoms with E-state index in [1.165, 1.54) is 19.3 Å². The molecule has 0 aliphatic carbocycles. The minimum absolute atomic E-state index is 0.0644. The third kappa shape index (κ3) is 4.09. The van der Waals surface area contributed by atoms with Crippen molar-refractivity contribution in [3.05, 3.63) is 92.1 Å². The van der Waals surface area contributed by atoms with Gasteiger partial charge >= 0.3 is 5.97 Å². The average Bonchev–Trinajstić information content (AvgIpc) is 3.54. The van der Waals surface area contributed by atoms with E-state index < -0.39 is 28.6 Å². The molecule has 37 heavy (non-hydrogen) atoms. The number of nitrogens with zero attached hydrogens (tertiary/aromatic N) is 3. The molecule has 3 amide bonds. The minimum Gasteiger partial charge on any atom is -0.465 e. The number of esters is 1. The molecule has 3 heterocycles. The van der Waals surface area contributed by atoms with Crippen molar-refractivity contribution in [2.75, 3.05) is 7.11 Å². The standard InChI is InChI=1S/C24H13N3O8S2/c1-34-23(31)13-4-2-12(3-5-13)18-9-7-15(35-18)11-19-22(30)26(24(36)37-19)25-20(28)16-8-6-14(27(32)33)10-17(16)21(25)29/h2-11H,1H3. The van der Waals surface area contributed by atoms with Crippen molar-refractivity contribution >= 4 is 63.8 Å². The van der Waals surface area contributed by atoms with Crippen LogP contribution in [0.1, 0.15) is 36.8 Å². The molecule has 1 saturated heterocycles. The van der Waals surface area contributed by atoms with Crippen molar-refractivity contribution in [3.63, 3.8) is 0 Å². The highest BCUT2D eigenvalue weighted by molar-refractivity contribution is 8.26. The van der Waals surface area contributed by atoms with E-state index in [1.807, 2.05) is 0 Å². The van der Waals surface area contributed by atoms with Gasteiger partial charge in [-0.15, -0.1) is 0 Å². The molecule has 0 spiro atoms. The maximum Gasteiger partial charge on any atom is 0.337 e. The smallest absolute Gasteiger partial charge is 0.337 e. The third-order valence-corrected chi connectivity index (χ3v) is 6.81. The Morgan fingerprint density at radius 1 is 1.00 bits per heavy atom. The Morgan fingerprint density at radius 3 is 2.38 bits per heavy atom. The number of rotatable bonds is 5. The van der Waals surface area contributed by atoms with E-state index in [-0.39, 0.29) is 26.0 Å². The van der Waals surface area contributed by atoms with E-state index in [4.69, 9.17) is 16.6 Å². The van der Waals surface area contributed by atoms with Gasteiger partial charge in [0.25, 0.3) is 23.4 Å². The number of carbonyl (C=O) groups is 4. The fraction of sp³-hybridized carbons (Fsp3) is 0.0417. The molecule has 0 saturated carbocycles. The van der Waals surface area contributed by atoms with Crippen LogP contribution in [-0.4, -0.2) is 50.1 Å². The van der Waals surface area contributed by atoms with E-state index in [0.29, 0.717) is 27.7 Å². The number of nitro groups is 1. The van der Waals surface area contributed by atoms with Crippen molar-refractivity contribution in [1.82, 2.24) is 10.0 Å².